The van der Waals surface area contributed by atoms with Crippen molar-refractivity contribution in [1.82, 2.24) is 10.2 Å². The molecule has 0 aliphatic carbocycles. The largest absolute Gasteiger partial charge is 0.379 e. The van der Waals surface area contributed by atoms with Crippen LogP contribution in [0.1, 0.15) is 13.3 Å². The number of rotatable bonds is 4. The van der Waals surface area contributed by atoms with E-state index in [-0.39, 0.29) is 11.4 Å². The maximum atomic E-state index is 11.6. The summed E-state index contributed by atoms with van der Waals surface area (Å²) in [5.41, 5.74) is 5.70. The smallest absolute Gasteiger partial charge is 0.236 e. The number of carbonyl (C=O) groups is 1. The molecular weight excluding hydrogens is 250 g/mol. The van der Waals surface area contributed by atoms with Crippen LogP contribution in [-0.4, -0.2) is 66.7 Å². The molecule has 6 heteroatoms. The zero-order chi connectivity index (χ0) is 13.0. The van der Waals surface area contributed by atoms with Gasteiger partial charge >= 0.3 is 0 Å². The van der Waals surface area contributed by atoms with Crippen LogP contribution in [0, 0.1) is 0 Å². The third kappa shape index (κ3) is 3.17. The number of morpholine rings is 1. The monoisotopic (exact) mass is 273 g/mol. The molecule has 0 radical (unpaired) electrons. The molecular formula is C12H23N3O2S. The van der Waals surface area contributed by atoms with E-state index in [1.54, 1.807) is 6.92 Å². The van der Waals surface area contributed by atoms with Crippen LogP contribution in [0.4, 0.5) is 0 Å². The second-order valence-electron chi connectivity index (χ2n) is 5.13. The summed E-state index contributed by atoms with van der Waals surface area (Å²) in [7, 11) is 0. The second kappa shape index (κ2) is 6.23. The van der Waals surface area contributed by atoms with Crippen LogP contribution in [0.3, 0.4) is 0 Å². The Morgan fingerprint density at radius 1 is 1.56 bits per heavy atom. The number of nitrogens with one attached hydrogen (secondary N) is 1. The van der Waals surface area contributed by atoms with Crippen LogP contribution in [0.5, 0.6) is 0 Å². The molecule has 2 aliphatic rings. The Labute approximate surface area is 113 Å². The van der Waals surface area contributed by atoms with Gasteiger partial charge in [-0.15, -0.1) is 0 Å². The lowest BCUT2D eigenvalue weighted by atomic mass is 9.95. The van der Waals surface area contributed by atoms with Crippen LogP contribution in [-0.2, 0) is 9.53 Å². The third-order valence-corrected chi connectivity index (χ3v) is 5.00. The molecule has 0 aromatic rings. The van der Waals surface area contributed by atoms with E-state index >= 15 is 0 Å². The maximum Gasteiger partial charge on any atom is 0.236 e. The van der Waals surface area contributed by atoms with Gasteiger partial charge < -0.3 is 15.8 Å². The number of amides is 1. The molecule has 5 nitrogen and oxygen atoms in total. The summed E-state index contributed by atoms with van der Waals surface area (Å²) >= 11 is 1.97. The first kappa shape index (κ1) is 14.1. The molecule has 18 heavy (non-hydrogen) atoms. The van der Waals surface area contributed by atoms with E-state index in [2.05, 4.69) is 10.2 Å². The highest BCUT2D eigenvalue weighted by Crippen LogP contribution is 2.33. The number of ether oxygens (including phenoxy) is 1. The number of nitrogens with zero attached hydrogens (tertiary/aromatic N) is 1. The lowest BCUT2D eigenvalue weighted by Crippen LogP contribution is -2.60. The summed E-state index contributed by atoms with van der Waals surface area (Å²) in [4.78, 5) is 14.1. The van der Waals surface area contributed by atoms with Crippen molar-refractivity contribution in [3.8, 4) is 0 Å². The average Bonchev–Trinajstić information content (AvgIpc) is 2.87. The number of nitrogens with two attached hydrogens (primary N) is 1. The summed E-state index contributed by atoms with van der Waals surface area (Å²) in [5.74, 6) is 2.21. The van der Waals surface area contributed by atoms with E-state index in [0.29, 0.717) is 6.54 Å². The molecule has 0 saturated carbocycles. The molecule has 2 atom stereocenters. The van der Waals surface area contributed by atoms with Gasteiger partial charge in [0, 0.05) is 30.9 Å². The highest BCUT2D eigenvalue weighted by molar-refractivity contribution is 7.99. The summed E-state index contributed by atoms with van der Waals surface area (Å²) in [6.45, 7) is 5.96. The zero-order valence-electron chi connectivity index (χ0n) is 11.0. The Kier molecular flexibility index (Phi) is 4.89. The Hall–Kier alpha value is -0.300. The molecule has 104 valence electrons. The predicted molar refractivity (Wildman–Crippen MR) is 73.7 cm³/mol. The van der Waals surface area contributed by atoms with Gasteiger partial charge in [0.25, 0.3) is 0 Å². The van der Waals surface area contributed by atoms with E-state index in [1.165, 1.54) is 5.75 Å². The van der Waals surface area contributed by atoms with E-state index < -0.39 is 6.04 Å². The van der Waals surface area contributed by atoms with Gasteiger partial charge in [0.2, 0.25) is 5.91 Å². The number of thioether (sulfide) groups is 1. The van der Waals surface area contributed by atoms with E-state index in [4.69, 9.17) is 10.5 Å². The van der Waals surface area contributed by atoms with E-state index in [0.717, 1.165) is 38.5 Å². The SMILES string of the molecule is C[C@@H](N)C(=O)NCC1(N2CCOCC2)CCSC1. The second-order valence-corrected chi connectivity index (χ2v) is 6.24. The van der Waals surface area contributed by atoms with Crippen molar-refractivity contribution >= 4 is 17.7 Å². The highest BCUT2D eigenvalue weighted by Gasteiger charge is 2.40. The molecule has 0 spiro atoms. The quantitative estimate of drug-likeness (QED) is 0.733. The molecule has 0 aromatic carbocycles. The van der Waals surface area contributed by atoms with Crippen LogP contribution in [0.25, 0.3) is 0 Å². The molecule has 2 heterocycles. The summed E-state index contributed by atoms with van der Waals surface area (Å²) in [6.07, 6.45) is 1.14. The Bertz CT molecular complexity index is 287. The lowest BCUT2D eigenvalue weighted by Gasteiger charge is -2.43. The van der Waals surface area contributed by atoms with Crippen molar-refractivity contribution < 1.29 is 9.53 Å². The van der Waals surface area contributed by atoms with Gasteiger partial charge in [-0.25, -0.2) is 0 Å². The number of carbonyl (C=O) groups excluding carboxylic acids is 1. The Balaban J connectivity index is 1.95. The minimum atomic E-state index is -0.430. The van der Waals surface area contributed by atoms with Gasteiger partial charge in [0.1, 0.15) is 0 Å². The van der Waals surface area contributed by atoms with Gasteiger partial charge in [-0.1, -0.05) is 0 Å². The van der Waals surface area contributed by atoms with Crippen molar-refractivity contribution in [2.45, 2.75) is 24.9 Å². The van der Waals surface area contributed by atoms with Gasteiger partial charge in [-0.2, -0.15) is 11.8 Å². The molecule has 0 aromatic heterocycles. The highest BCUT2D eigenvalue weighted by atomic mass is 32.2. The minimum Gasteiger partial charge on any atom is -0.379 e. The third-order valence-electron chi connectivity index (χ3n) is 3.77. The van der Waals surface area contributed by atoms with Crippen molar-refractivity contribution in [3.05, 3.63) is 0 Å². The first-order valence-corrected chi connectivity index (χ1v) is 7.73. The van der Waals surface area contributed by atoms with Gasteiger partial charge in [-0.3, -0.25) is 9.69 Å². The van der Waals surface area contributed by atoms with Crippen molar-refractivity contribution in [2.24, 2.45) is 5.73 Å². The fraction of sp³-hybridized carbons (Fsp3) is 0.917. The van der Waals surface area contributed by atoms with E-state index in [1.807, 2.05) is 11.8 Å². The van der Waals surface area contributed by atoms with E-state index in [9.17, 15) is 4.79 Å². The molecule has 3 N–H and O–H groups in total. The zero-order valence-corrected chi connectivity index (χ0v) is 11.8. The van der Waals surface area contributed by atoms with Crippen LogP contribution < -0.4 is 11.1 Å². The number of hydrogen-bond donors (Lipinski definition) is 2. The molecule has 2 rings (SSSR count). The standard InChI is InChI=1S/C12H23N3O2S/c1-10(13)11(16)14-8-12(2-7-18-9-12)15-3-5-17-6-4-15/h10H,2-9,13H2,1H3,(H,14,16)/t10-,12?/m1/s1. The molecule has 2 saturated heterocycles. The molecule has 1 amide bonds. The van der Waals surface area contributed by atoms with Gasteiger partial charge in [0.05, 0.1) is 19.3 Å². The van der Waals surface area contributed by atoms with Crippen molar-refractivity contribution in [2.75, 3.05) is 44.4 Å². The maximum absolute atomic E-state index is 11.6. The minimum absolute atomic E-state index is 0.0560. The Morgan fingerprint density at radius 3 is 2.83 bits per heavy atom. The summed E-state index contributed by atoms with van der Waals surface area (Å²) in [5, 5.41) is 3.00. The fourth-order valence-electron chi connectivity index (χ4n) is 2.55. The normalized spacial score (nSPS) is 31.2. The van der Waals surface area contributed by atoms with Crippen LogP contribution in [0.2, 0.25) is 0 Å². The van der Waals surface area contributed by atoms with Gasteiger partial charge in [-0.05, 0) is 19.1 Å². The lowest BCUT2D eigenvalue weighted by molar-refractivity contribution is -0.122. The van der Waals surface area contributed by atoms with Crippen LogP contribution >= 0.6 is 11.8 Å². The van der Waals surface area contributed by atoms with Crippen molar-refractivity contribution in [1.29, 1.82) is 0 Å². The average molecular weight is 273 g/mol. The first-order chi connectivity index (χ1) is 8.64. The Morgan fingerprint density at radius 2 is 2.28 bits per heavy atom. The first-order valence-electron chi connectivity index (χ1n) is 6.58. The summed E-state index contributed by atoms with van der Waals surface area (Å²) < 4.78 is 5.41. The van der Waals surface area contributed by atoms with Crippen LogP contribution in [0.15, 0.2) is 0 Å². The van der Waals surface area contributed by atoms with Gasteiger partial charge in [0.15, 0.2) is 0 Å². The summed E-state index contributed by atoms with van der Waals surface area (Å²) in [6, 6.07) is -0.430. The molecule has 2 aliphatic heterocycles. The molecule has 1 unspecified atom stereocenters. The predicted octanol–water partition coefficient (Wildman–Crippen LogP) is -0.342. The molecule has 2 fully saturated rings. The molecule has 0 bridgehead atoms. The topological polar surface area (TPSA) is 67.6 Å². The van der Waals surface area contributed by atoms with Crippen molar-refractivity contribution in [3.63, 3.8) is 0 Å². The number of hydrogen-bond acceptors (Lipinski definition) is 5. The fourth-order valence-corrected chi connectivity index (χ4v) is 4.02.